The molecule has 0 aliphatic carbocycles. The number of halogens is 1. The molecule has 0 heterocycles. The lowest BCUT2D eigenvalue weighted by molar-refractivity contribution is -0.137. The van der Waals surface area contributed by atoms with E-state index in [1.807, 2.05) is 24.3 Å². The Morgan fingerprint density at radius 1 is 0.950 bits per heavy atom. The van der Waals surface area contributed by atoms with Crippen LogP contribution in [-0.4, -0.2) is 16.9 Å². The molecule has 1 rings (SSSR count). The zero-order valence-electron chi connectivity index (χ0n) is 11.6. The van der Waals surface area contributed by atoms with Crippen LogP contribution in [0.2, 0.25) is 0 Å². The van der Waals surface area contributed by atoms with Gasteiger partial charge in [-0.25, -0.2) is 0 Å². The molecular weight excluding hydrogens is 367 g/mol. The number of ketones is 1. The molecule has 4 heteroatoms. The molecule has 0 unspecified atom stereocenters. The Labute approximate surface area is 133 Å². The van der Waals surface area contributed by atoms with Crippen LogP contribution in [0.25, 0.3) is 0 Å². The molecule has 1 N–H and O–H groups in total. The predicted molar refractivity (Wildman–Crippen MR) is 88.1 cm³/mol. The van der Waals surface area contributed by atoms with Crippen molar-refractivity contribution in [3.8, 4) is 0 Å². The summed E-state index contributed by atoms with van der Waals surface area (Å²) in [4.78, 5) is 22.3. The van der Waals surface area contributed by atoms with Crippen LogP contribution in [0, 0.1) is 3.57 Å². The molecule has 0 saturated heterocycles. The minimum absolute atomic E-state index is 0.217. The summed E-state index contributed by atoms with van der Waals surface area (Å²) in [6, 6.07) is 7.69. The van der Waals surface area contributed by atoms with Crippen molar-refractivity contribution in [2.45, 2.75) is 51.4 Å². The molecule has 20 heavy (non-hydrogen) atoms. The molecule has 0 atom stereocenters. The van der Waals surface area contributed by atoms with E-state index < -0.39 is 5.97 Å². The number of carbonyl (C=O) groups excluding carboxylic acids is 1. The van der Waals surface area contributed by atoms with Crippen molar-refractivity contribution in [2.24, 2.45) is 0 Å². The lowest BCUT2D eigenvalue weighted by Gasteiger charge is -2.02. The van der Waals surface area contributed by atoms with Crippen molar-refractivity contribution in [3.05, 3.63) is 33.4 Å². The largest absolute Gasteiger partial charge is 0.481 e. The molecule has 0 aliphatic heterocycles. The van der Waals surface area contributed by atoms with Gasteiger partial charge in [0.15, 0.2) is 5.78 Å². The van der Waals surface area contributed by atoms with Crippen molar-refractivity contribution in [1.82, 2.24) is 0 Å². The SMILES string of the molecule is O=C(O)CCCCCCCCC(=O)c1cccc(I)c1. The number of hydrogen-bond acceptors (Lipinski definition) is 2. The highest BCUT2D eigenvalue weighted by Gasteiger charge is 2.05. The molecule has 0 aromatic heterocycles. The average molecular weight is 388 g/mol. The van der Waals surface area contributed by atoms with E-state index in [4.69, 9.17) is 5.11 Å². The van der Waals surface area contributed by atoms with Gasteiger partial charge in [-0.15, -0.1) is 0 Å². The molecule has 0 spiro atoms. The molecule has 0 aliphatic rings. The van der Waals surface area contributed by atoms with E-state index in [1.165, 1.54) is 0 Å². The van der Waals surface area contributed by atoms with Crippen molar-refractivity contribution in [2.75, 3.05) is 0 Å². The maximum atomic E-state index is 11.9. The number of benzene rings is 1. The van der Waals surface area contributed by atoms with E-state index in [0.717, 1.165) is 47.7 Å². The molecule has 1 aromatic rings. The number of Topliss-reactive ketones (excluding diaryl/α,β-unsaturated/α-hetero) is 1. The van der Waals surface area contributed by atoms with Gasteiger partial charge in [0.05, 0.1) is 0 Å². The Hall–Kier alpha value is -0.910. The quantitative estimate of drug-likeness (QED) is 0.360. The average Bonchev–Trinajstić information content (AvgIpc) is 2.41. The molecule has 3 nitrogen and oxygen atoms in total. The summed E-state index contributed by atoms with van der Waals surface area (Å²) in [5.41, 5.74) is 0.804. The minimum atomic E-state index is -0.715. The molecule has 0 radical (unpaired) electrons. The number of unbranched alkanes of at least 4 members (excludes halogenated alkanes) is 5. The Morgan fingerprint density at radius 2 is 1.55 bits per heavy atom. The third-order valence-corrected chi connectivity index (χ3v) is 3.86. The van der Waals surface area contributed by atoms with Gasteiger partial charge in [-0.3, -0.25) is 9.59 Å². The predicted octanol–water partition coefficient (Wildman–Crippen LogP) is 4.68. The maximum Gasteiger partial charge on any atom is 0.303 e. The van der Waals surface area contributed by atoms with Gasteiger partial charge in [-0.2, -0.15) is 0 Å². The summed E-state index contributed by atoms with van der Waals surface area (Å²) in [5.74, 6) is -0.498. The Kier molecular flexibility index (Phi) is 8.49. The van der Waals surface area contributed by atoms with Crippen LogP contribution in [-0.2, 0) is 4.79 Å². The van der Waals surface area contributed by atoms with Crippen molar-refractivity contribution in [3.63, 3.8) is 0 Å². The number of rotatable bonds is 10. The zero-order valence-corrected chi connectivity index (χ0v) is 13.8. The second kappa shape index (κ2) is 9.91. The molecule has 0 bridgehead atoms. The fraction of sp³-hybridized carbons (Fsp3) is 0.500. The van der Waals surface area contributed by atoms with Crippen LogP contribution in [0.1, 0.15) is 61.7 Å². The number of carboxylic acids is 1. The van der Waals surface area contributed by atoms with Crippen LogP contribution < -0.4 is 0 Å². The van der Waals surface area contributed by atoms with E-state index in [9.17, 15) is 9.59 Å². The lowest BCUT2D eigenvalue weighted by Crippen LogP contribution is -1.99. The van der Waals surface area contributed by atoms with Crippen molar-refractivity contribution >= 4 is 34.3 Å². The van der Waals surface area contributed by atoms with Gasteiger partial charge in [0.1, 0.15) is 0 Å². The Morgan fingerprint density at radius 3 is 2.15 bits per heavy atom. The second-order valence-electron chi connectivity index (χ2n) is 4.95. The van der Waals surface area contributed by atoms with E-state index in [1.54, 1.807) is 0 Å². The number of hydrogen-bond donors (Lipinski definition) is 1. The van der Waals surface area contributed by atoms with Gasteiger partial charge in [0.25, 0.3) is 0 Å². The first-order valence-corrected chi connectivity index (χ1v) is 8.18. The second-order valence-corrected chi connectivity index (χ2v) is 6.19. The highest BCUT2D eigenvalue weighted by atomic mass is 127. The smallest absolute Gasteiger partial charge is 0.303 e. The standard InChI is InChI=1S/C16H21IO3/c17-14-9-7-8-13(12-14)15(18)10-5-3-1-2-4-6-11-16(19)20/h7-9,12H,1-6,10-11H2,(H,19,20). The zero-order chi connectivity index (χ0) is 14.8. The third-order valence-electron chi connectivity index (χ3n) is 3.19. The van der Waals surface area contributed by atoms with Gasteiger partial charge >= 0.3 is 5.97 Å². The Bertz CT molecular complexity index is 443. The van der Waals surface area contributed by atoms with E-state index >= 15 is 0 Å². The highest BCUT2D eigenvalue weighted by Crippen LogP contribution is 2.13. The third kappa shape index (κ3) is 7.62. The van der Waals surface area contributed by atoms with E-state index in [0.29, 0.717) is 6.42 Å². The van der Waals surface area contributed by atoms with Crippen LogP contribution in [0.15, 0.2) is 24.3 Å². The first kappa shape index (κ1) is 17.1. The molecule has 0 fully saturated rings. The van der Waals surface area contributed by atoms with Crippen LogP contribution in [0.4, 0.5) is 0 Å². The van der Waals surface area contributed by atoms with Gasteiger partial charge in [0, 0.05) is 22.0 Å². The molecule has 0 amide bonds. The number of carboxylic acid groups (broad SMARTS) is 1. The van der Waals surface area contributed by atoms with Crippen molar-refractivity contribution in [1.29, 1.82) is 0 Å². The first-order valence-electron chi connectivity index (χ1n) is 7.10. The summed E-state index contributed by atoms with van der Waals surface area (Å²) in [6.45, 7) is 0. The monoisotopic (exact) mass is 388 g/mol. The summed E-state index contributed by atoms with van der Waals surface area (Å²) >= 11 is 2.21. The van der Waals surface area contributed by atoms with Crippen LogP contribution in [0.5, 0.6) is 0 Å². The van der Waals surface area contributed by atoms with E-state index in [2.05, 4.69) is 22.6 Å². The summed E-state index contributed by atoms with van der Waals surface area (Å²) in [7, 11) is 0. The van der Waals surface area contributed by atoms with E-state index in [-0.39, 0.29) is 12.2 Å². The van der Waals surface area contributed by atoms with Gasteiger partial charge in [-0.1, -0.05) is 37.8 Å². The summed E-state index contributed by atoms with van der Waals surface area (Å²) < 4.78 is 1.09. The Balaban J connectivity index is 2.06. The topological polar surface area (TPSA) is 54.4 Å². The molecule has 110 valence electrons. The fourth-order valence-electron chi connectivity index (χ4n) is 2.08. The minimum Gasteiger partial charge on any atom is -0.481 e. The van der Waals surface area contributed by atoms with Crippen LogP contribution >= 0.6 is 22.6 Å². The highest BCUT2D eigenvalue weighted by molar-refractivity contribution is 14.1. The van der Waals surface area contributed by atoms with Crippen molar-refractivity contribution < 1.29 is 14.7 Å². The summed E-state index contributed by atoms with van der Waals surface area (Å²) in [6.07, 6.45) is 6.71. The number of carbonyl (C=O) groups is 2. The number of aliphatic carboxylic acids is 1. The fourth-order valence-corrected chi connectivity index (χ4v) is 2.62. The normalized spacial score (nSPS) is 10.4. The van der Waals surface area contributed by atoms with Crippen LogP contribution in [0.3, 0.4) is 0 Å². The van der Waals surface area contributed by atoms with Gasteiger partial charge in [0.2, 0.25) is 0 Å². The molecule has 1 aromatic carbocycles. The first-order chi connectivity index (χ1) is 9.59. The van der Waals surface area contributed by atoms with Gasteiger partial charge in [-0.05, 0) is 47.6 Å². The summed E-state index contributed by atoms with van der Waals surface area (Å²) in [5, 5.41) is 8.51. The maximum absolute atomic E-state index is 11.9. The molecule has 0 saturated carbocycles. The van der Waals surface area contributed by atoms with Gasteiger partial charge < -0.3 is 5.11 Å². The molecular formula is C16H21IO3. The lowest BCUT2D eigenvalue weighted by atomic mass is 10.0.